The summed E-state index contributed by atoms with van der Waals surface area (Å²) in [5.41, 5.74) is 5.51. The number of benzene rings is 1. The van der Waals surface area contributed by atoms with Crippen molar-refractivity contribution in [3.05, 3.63) is 53.0 Å². The van der Waals surface area contributed by atoms with Gasteiger partial charge in [0.15, 0.2) is 0 Å². The lowest BCUT2D eigenvalue weighted by Gasteiger charge is -2.33. The van der Waals surface area contributed by atoms with Crippen LogP contribution in [0.2, 0.25) is 0 Å². The molecule has 0 amide bonds. The molecule has 5 rings (SSSR count). The lowest BCUT2D eigenvalue weighted by molar-refractivity contribution is 0.173. The monoisotopic (exact) mass is 421 g/mol. The summed E-state index contributed by atoms with van der Waals surface area (Å²) in [5, 5.41) is 3.56. The molecule has 0 radical (unpaired) electrons. The molecule has 28 heavy (non-hydrogen) atoms. The van der Waals surface area contributed by atoms with E-state index in [4.69, 9.17) is 4.98 Å². The van der Waals surface area contributed by atoms with Crippen LogP contribution < -0.4 is 10.2 Å². The maximum absolute atomic E-state index is 4.72. The zero-order valence-corrected chi connectivity index (χ0v) is 17.8. The first-order valence-electron chi connectivity index (χ1n) is 9.98. The zero-order chi connectivity index (χ0) is 17.3. The molecule has 152 valence electrons. The zero-order valence-electron chi connectivity index (χ0n) is 16.1. The van der Waals surface area contributed by atoms with Gasteiger partial charge in [0, 0.05) is 50.7 Å². The van der Waals surface area contributed by atoms with Gasteiger partial charge >= 0.3 is 0 Å². The third kappa shape index (κ3) is 4.13. The van der Waals surface area contributed by atoms with Crippen LogP contribution in [0.5, 0.6) is 0 Å². The first-order valence-corrected chi connectivity index (χ1v) is 9.98. The Morgan fingerprint density at radius 1 is 0.964 bits per heavy atom. The number of nitrogens with zero attached hydrogens (tertiary/aromatic N) is 4. The normalized spacial score (nSPS) is 21.7. The summed E-state index contributed by atoms with van der Waals surface area (Å²) in [6, 6.07) is 9.45. The summed E-state index contributed by atoms with van der Waals surface area (Å²) in [6.07, 6.45) is 6.50. The molecule has 0 bridgehead atoms. The first-order chi connectivity index (χ1) is 12.9. The average Bonchev–Trinajstić information content (AvgIpc) is 3.01. The van der Waals surface area contributed by atoms with Crippen molar-refractivity contribution in [3.63, 3.8) is 0 Å². The summed E-state index contributed by atoms with van der Waals surface area (Å²) >= 11 is 0. The molecule has 0 aliphatic carbocycles. The van der Waals surface area contributed by atoms with Crippen molar-refractivity contribution in [2.45, 2.75) is 44.8 Å². The molecule has 1 fully saturated rings. The van der Waals surface area contributed by atoms with Crippen LogP contribution >= 0.6 is 24.8 Å². The van der Waals surface area contributed by atoms with Crippen molar-refractivity contribution in [2.24, 2.45) is 0 Å². The van der Waals surface area contributed by atoms with E-state index in [2.05, 4.69) is 44.4 Å². The molecule has 3 aliphatic heterocycles. The molecule has 1 N–H and O–H groups in total. The maximum Gasteiger partial charge on any atom is 0.136 e. The van der Waals surface area contributed by atoms with Gasteiger partial charge in [-0.2, -0.15) is 0 Å². The van der Waals surface area contributed by atoms with Gasteiger partial charge in [-0.15, -0.1) is 24.8 Å². The van der Waals surface area contributed by atoms with E-state index < -0.39 is 0 Å². The molecule has 0 spiro atoms. The van der Waals surface area contributed by atoms with Crippen LogP contribution in [0.1, 0.15) is 35.2 Å². The van der Waals surface area contributed by atoms with E-state index in [-0.39, 0.29) is 24.8 Å². The lowest BCUT2D eigenvalue weighted by atomic mass is 10.1. The van der Waals surface area contributed by atoms with Gasteiger partial charge in [-0.25, -0.2) is 9.97 Å². The van der Waals surface area contributed by atoms with E-state index in [0.29, 0.717) is 6.04 Å². The van der Waals surface area contributed by atoms with Crippen LogP contribution in [0.25, 0.3) is 0 Å². The second-order valence-electron chi connectivity index (χ2n) is 7.78. The molecule has 0 saturated carbocycles. The van der Waals surface area contributed by atoms with Crippen LogP contribution in [0.3, 0.4) is 0 Å². The molecule has 1 aromatic heterocycles. The fraction of sp³-hybridized carbons (Fsp3) is 0.524. The summed E-state index contributed by atoms with van der Waals surface area (Å²) in [4.78, 5) is 14.5. The number of nitrogens with one attached hydrogen (secondary N) is 1. The molecule has 3 aliphatic rings. The SMILES string of the molecule is Cl.Cl.c1ccc2c(c1)CN(c1ncnc3c1CCN(C1CCCNC1)CC3)C2. The van der Waals surface area contributed by atoms with Crippen LogP contribution in [-0.2, 0) is 25.9 Å². The summed E-state index contributed by atoms with van der Waals surface area (Å²) in [5.74, 6) is 1.16. The van der Waals surface area contributed by atoms with E-state index in [9.17, 15) is 0 Å². The molecular weight excluding hydrogens is 393 g/mol. The van der Waals surface area contributed by atoms with Gasteiger partial charge in [-0.05, 0) is 36.9 Å². The van der Waals surface area contributed by atoms with Gasteiger partial charge in [0.2, 0.25) is 0 Å². The Bertz CT molecular complexity index is 769. The predicted molar refractivity (Wildman–Crippen MR) is 118 cm³/mol. The Balaban J connectivity index is 0.00000112. The Morgan fingerprint density at radius 3 is 2.43 bits per heavy atom. The van der Waals surface area contributed by atoms with Gasteiger partial charge in [0.25, 0.3) is 0 Å². The Hall–Kier alpha value is -1.40. The fourth-order valence-corrected chi connectivity index (χ4v) is 4.79. The largest absolute Gasteiger partial charge is 0.348 e. The minimum Gasteiger partial charge on any atom is -0.348 e. The van der Waals surface area contributed by atoms with E-state index in [1.54, 1.807) is 6.33 Å². The summed E-state index contributed by atoms with van der Waals surface area (Å²) in [7, 11) is 0. The molecule has 7 heteroatoms. The topological polar surface area (TPSA) is 44.3 Å². The molecule has 1 unspecified atom stereocenters. The van der Waals surface area contributed by atoms with Crippen molar-refractivity contribution >= 4 is 30.6 Å². The van der Waals surface area contributed by atoms with Crippen molar-refractivity contribution in [1.82, 2.24) is 20.2 Å². The number of fused-ring (bicyclic) bond motifs is 2. The summed E-state index contributed by atoms with van der Waals surface area (Å²) < 4.78 is 0. The number of piperidine rings is 1. The predicted octanol–water partition coefficient (Wildman–Crippen LogP) is 2.99. The van der Waals surface area contributed by atoms with Crippen molar-refractivity contribution < 1.29 is 0 Å². The first kappa shape index (κ1) is 21.3. The van der Waals surface area contributed by atoms with E-state index in [1.807, 2.05) is 0 Å². The highest BCUT2D eigenvalue weighted by Crippen LogP contribution is 2.31. The molecule has 1 saturated heterocycles. The number of aromatic nitrogens is 2. The van der Waals surface area contributed by atoms with Crippen molar-refractivity contribution in [1.29, 1.82) is 0 Å². The minimum atomic E-state index is 0. The van der Waals surface area contributed by atoms with Gasteiger partial charge < -0.3 is 10.2 Å². The number of hydrogen-bond donors (Lipinski definition) is 1. The number of halogens is 2. The quantitative estimate of drug-likeness (QED) is 0.806. The second kappa shape index (κ2) is 9.40. The second-order valence-corrected chi connectivity index (χ2v) is 7.78. The van der Waals surface area contributed by atoms with E-state index in [1.165, 1.54) is 41.8 Å². The smallest absolute Gasteiger partial charge is 0.136 e. The van der Waals surface area contributed by atoms with Crippen LogP contribution in [0, 0.1) is 0 Å². The highest BCUT2D eigenvalue weighted by atomic mass is 35.5. The number of anilines is 1. The van der Waals surface area contributed by atoms with E-state index in [0.717, 1.165) is 51.4 Å². The third-order valence-electron chi connectivity index (χ3n) is 6.22. The minimum absolute atomic E-state index is 0. The highest BCUT2D eigenvalue weighted by Gasteiger charge is 2.28. The molecule has 2 aromatic rings. The van der Waals surface area contributed by atoms with E-state index >= 15 is 0 Å². The summed E-state index contributed by atoms with van der Waals surface area (Å²) in [6.45, 7) is 6.49. The number of hydrogen-bond acceptors (Lipinski definition) is 5. The Kier molecular flexibility index (Phi) is 7.15. The van der Waals surface area contributed by atoms with Crippen molar-refractivity contribution in [3.8, 4) is 0 Å². The van der Waals surface area contributed by atoms with Crippen LogP contribution in [-0.4, -0.2) is 47.1 Å². The molecule has 4 heterocycles. The Morgan fingerprint density at radius 2 is 1.71 bits per heavy atom. The van der Waals surface area contributed by atoms with Gasteiger partial charge in [-0.3, -0.25) is 4.90 Å². The lowest BCUT2D eigenvalue weighted by Crippen LogP contribution is -2.46. The fourth-order valence-electron chi connectivity index (χ4n) is 4.79. The standard InChI is InChI=1S/C21H27N5.2ClH/c1-2-5-17-14-26(13-16(17)4-1)21-19-7-10-25(18-6-3-9-22-12-18)11-8-20(19)23-15-24-21;;/h1-2,4-5,15,18,22H,3,6-14H2;2*1H. The molecule has 1 aromatic carbocycles. The molecular formula is C21H29Cl2N5. The third-order valence-corrected chi connectivity index (χ3v) is 6.22. The molecule has 1 atom stereocenters. The average molecular weight is 422 g/mol. The van der Waals surface area contributed by atoms with Crippen LogP contribution in [0.4, 0.5) is 5.82 Å². The Labute approximate surface area is 179 Å². The van der Waals surface area contributed by atoms with Gasteiger partial charge in [0.1, 0.15) is 12.1 Å². The van der Waals surface area contributed by atoms with Crippen molar-refractivity contribution in [2.75, 3.05) is 31.1 Å². The maximum atomic E-state index is 4.72. The molecule has 5 nitrogen and oxygen atoms in total. The van der Waals surface area contributed by atoms with Crippen LogP contribution in [0.15, 0.2) is 30.6 Å². The van der Waals surface area contributed by atoms with Gasteiger partial charge in [0.05, 0.1) is 5.69 Å². The number of rotatable bonds is 2. The highest BCUT2D eigenvalue weighted by molar-refractivity contribution is 5.85. The van der Waals surface area contributed by atoms with Gasteiger partial charge in [-0.1, -0.05) is 24.3 Å².